The topological polar surface area (TPSA) is 41.6 Å². The minimum Gasteiger partial charge on any atom is -0.494 e. The largest absolute Gasteiger partial charge is 0.494 e. The molecule has 1 heterocycles. The number of hydrogen-bond acceptors (Lipinski definition) is 3. The number of carbonyl (C=O) groups is 1. The molecule has 1 aromatic carbocycles. The fourth-order valence-corrected chi connectivity index (χ4v) is 2.66. The van der Waals surface area contributed by atoms with Gasteiger partial charge >= 0.3 is 0 Å². The minimum absolute atomic E-state index is 0.0952. The first kappa shape index (κ1) is 15.8. The van der Waals surface area contributed by atoms with E-state index in [0.29, 0.717) is 11.5 Å². The number of methoxy groups -OCH3 is 1. The third-order valence-corrected chi connectivity index (χ3v) is 4.08. The van der Waals surface area contributed by atoms with Gasteiger partial charge in [0.15, 0.2) is 11.6 Å². The molecule has 1 aliphatic heterocycles. The highest BCUT2D eigenvalue weighted by Gasteiger charge is 2.17. The van der Waals surface area contributed by atoms with Crippen molar-refractivity contribution >= 4 is 5.91 Å². The van der Waals surface area contributed by atoms with E-state index in [9.17, 15) is 9.18 Å². The van der Waals surface area contributed by atoms with Gasteiger partial charge in [-0.3, -0.25) is 4.79 Å². The van der Waals surface area contributed by atoms with Gasteiger partial charge < -0.3 is 15.0 Å². The highest BCUT2D eigenvalue weighted by Crippen LogP contribution is 2.20. The van der Waals surface area contributed by atoms with Gasteiger partial charge in [0.25, 0.3) is 5.91 Å². The average Bonchev–Trinajstić information content (AvgIpc) is 2.53. The smallest absolute Gasteiger partial charge is 0.253 e. The number of rotatable bonds is 5. The standard InChI is InChI=1S/C16H23FN2O2/c1-19(10-7-12-5-8-18-9-6-12)16(20)13-3-4-14(17)15(11-13)21-2/h3-4,11-12,18H,5-10H2,1-2H3. The van der Waals surface area contributed by atoms with Gasteiger partial charge in [0.1, 0.15) is 0 Å². The lowest BCUT2D eigenvalue weighted by atomic mass is 9.94. The van der Waals surface area contributed by atoms with Crippen molar-refractivity contribution in [3.05, 3.63) is 29.6 Å². The predicted molar refractivity (Wildman–Crippen MR) is 80.1 cm³/mol. The second kappa shape index (κ2) is 7.41. The van der Waals surface area contributed by atoms with Crippen LogP contribution >= 0.6 is 0 Å². The number of piperidine rings is 1. The van der Waals surface area contributed by atoms with Crippen LogP contribution < -0.4 is 10.1 Å². The van der Waals surface area contributed by atoms with Gasteiger partial charge in [-0.05, 0) is 56.5 Å². The second-order valence-electron chi connectivity index (χ2n) is 5.56. The molecule has 116 valence electrons. The van der Waals surface area contributed by atoms with Crippen molar-refractivity contribution in [2.45, 2.75) is 19.3 Å². The normalized spacial score (nSPS) is 15.8. The molecule has 1 aliphatic rings. The van der Waals surface area contributed by atoms with Crippen molar-refractivity contribution in [1.29, 1.82) is 0 Å². The van der Waals surface area contributed by atoms with Crippen LogP contribution in [0.1, 0.15) is 29.6 Å². The quantitative estimate of drug-likeness (QED) is 0.906. The molecule has 0 saturated carbocycles. The number of hydrogen-bond donors (Lipinski definition) is 1. The number of benzene rings is 1. The number of amides is 1. The maximum Gasteiger partial charge on any atom is 0.253 e. The van der Waals surface area contributed by atoms with Gasteiger partial charge in [-0.2, -0.15) is 0 Å². The number of nitrogens with one attached hydrogen (secondary N) is 1. The lowest BCUT2D eigenvalue weighted by Crippen LogP contribution is -2.32. The van der Waals surface area contributed by atoms with Crippen molar-refractivity contribution in [1.82, 2.24) is 10.2 Å². The fourth-order valence-electron chi connectivity index (χ4n) is 2.66. The van der Waals surface area contributed by atoms with Crippen molar-refractivity contribution in [3.8, 4) is 5.75 Å². The van der Waals surface area contributed by atoms with Crippen LogP contribution in [0.4, 0.5) is 4.39 Å². The molecule has 0 spiro atoms. The zero-order valence-electron chi connectivity index (χ0n) is 12.7. The number of carbonyl (C=O) groups excluding carboxylic acids is 1. The van der Waals surface area contributed by atoms with Crippen LogP contribution in [0.25, 0.3) is 0 Å². The van der Waals surface area contributed by atoms with Gasteiger partial charge in [0.2, 0.25) is 0 Å². The first-order valence-corrected chi connectivity index (χ1v) is 7.41. The molecule has 0 radical (unpaired) electrons. The Labute approximate surface area is 125 Å². The van der Waals surface area contributed by atoms with E-state index in [0.717, 1.165) is 26.1 Å². The summed E-state index contributed by atoms with van der Waals surface area (Å²) in [6.45, 7) is 2.86. The zero-order valence-corrected chi connectivity index (χ0v) is 12.7. The van der Waals surface area contributed by atoms with E-state index in [1.165, 1.54) is 38.2 Å². The van der Waals surface area contributed by atoms with E-state index in [4.69, 9.17) is 4.74 Å². The number of nitrogens with zero attached hydrogens (tertiary/aromatic N) is 1. The minimum atomic E-state index is -0.452. The molecule has 0 unspecified atom stereocenters. The second-order valence-corrected chi connectivity index (χ2v) is 5.56. The Morgan fingerprint density at radius 1 is 1.43 bits per heavy atom. The summed E-state index contributed by atoms with van der Waals surface area (Å²) in [7, 11) is 3.19. The van der Waals surface area contributed by atoms with Crippen molar-refractivity contribution in [2.75, 3.05) is 33.8 Å². The lowest BCUT2D eigenvalue weighted by molar-refractivity contribution is 0.0784. The zero-order chi connectivity index (χ0) is 15.2. The first-order valence-electron chi connectivity index (χ1n) is 7.41. The van der Waals surface area contributed by atoms with Gasteiger partial charge in [-0.1, -0.05) is 0 Å². The lowest BCUT2D eigenvalue weighted by Gasteiger charge is -2.25. The summed E-state index contributed by atoms with van der Waals surface area (Å²) in [5.41, 5.74) is 0.459. The van der Waals surface area contributed by atoms with Crippen LogP contribution in [-0.4, -0.2) is 44.6 Å². The third kappa shape index (κ3) is 4.17. The SMILES string of the molecule is COc1cc(C(=O)N(C)CCC2CCNCC2)ccc1F. The monoisotopic (exact) mass is 294 g/mol. The van der Waals surface area contributed by atoms with Gasteiger partial charge in [-0.15, -0.1) is 0 Å². The van der Waals surface area contributed by atoms with Gasteiger partial charge in [0.05, 0.1) is 7.11 Å². The maximum atomic E-state index is 13.4. The summed E-state index contributed by atoms with van der Waals surface area (Å²) < 4.78 is 18.3. The first-order chi connectivity index (χ1) is 10.1. The number of ether oxygens (including phenoxy) is 1. The molecule has 0 aromatic heterocycles. The molecule has 1 N–H and O–H groups in total. The fraction of sp³-hybridized carbons (Fsp3) is 0.562. The molecule has 5 heteroatoms. The Morgan fingerprint density at radius 2 is 2.14 bits per heavy atom. The third-order valence-electron chi connectivity index (χ3n) is 4.08. The van der Waals surface area contributed by atoms with Crippen LogP contribution in [-0.2, 0) is 0 Å². The molecule has 1 aromatic rings. The van der Waals surface area contributed by atoms with E-state index in [1.807, 2.05) is 0 Å². The summed E-state index contributed by atoms with van der Waals surface area (Å²) in [4.78, 5) is 14.0. The molecule has 2 rings (SSSR count). The summed E-state index contributed by atoms with van der Waals surface area (Å²) >= 11 is 0. The van der Waals surface area contributed by atoms with Gasteiger partial charge in [0, 0.05) is 19.2 Å². The average molecular weight is 294 g/mol. The van der Waals surface area contributed by atoms with Gasteiger partial charge in [-0.25, -0.2) is 4.39 Å². The Morgan fingerprint density at radius 3 is 2.81 bits per heavy atom. The van der Waals surface area contributed by atoms with Crippen molar-refractivity contribution in [2.24, 2.45) is 5.92 Å². The molecular formula is C16H23FN2O2. The Bertz CT molecular complexity index is 487. The maximum absolute atomic E-state index is 13.4. The summed E-state index contributed by atoms with van der Waals surface area (Å²) in [6, 6.07) is 4.23. The van der Waals surface area contributed by atoms with E-state index in [1.54, 1.807) is 11.9 Å². The summed E-state index contributed by atoms with van der Waals surface area (Å²) in [5.74, 6) is 0.241. The van der Waals surface area contributed by atoms with Crippen LogP contribution in [0, 0.1) is 11.7 Å². The molecule has 21 heavy (non-hydrogen) atoms. The molecule has 0 bridgehead atoms. The van der Waals surface area contributed by atoms with Crippen molar-refractivity contribution < 1.29 is 13.9 Å². The van der Waals surface area contributed by atoms with Crippen LogP contribution in [0.15, 0.2) is 18.2 Å². The molecule has 0 aliphatic carbocycles. The Kier molecular flexibility index (Phi) is 5.56. The van der Waals surface area contributed by atoms with E-state index in [-0.39, 0.29) is 11.7 Å². The molecule has 1 amide bonds. The molecule has 1 fully saturated rings. The van der Waals surface area contributed by atoms with Crippen LogP contribution in [0.2, 0.25) is 0 Å². The van der Waals surface area contributed by atoms with Crippen molar-refractivity contribution in [3.63, 3.8) is 0 Å². The molecule has 1 saturated heterocycles. The van der Waals surface area contributed by atoms with Crippen LogP contribution in [0.3, 0.4) is 0 Å². The van der Waals surface area contributed by atoms with E-state index < -0.39 is 5.82 Å². The molecule has 0 atom stereocenters. The Balaban J connectivity index is 1.92. The predicted octanol–water partition coefficient (Wildman–Crippen LogP) is 2.30. The highest BCUT2D eigenvalue weighted by atomic mass is 19.1. The Hall–Kier alpha value is -1.62. The van der Waals surface area contributed by atoms with E-state index in [2.05, 4.69) is 5.32 Å². The summed E-state index contributed by atoms with van der Waals surface area (Å²) in [6.07, 6.45) is 3.36. The molecule has 4 nitrogen and oxygen atoms in total. The van der Waals surface area contributed by atoms with E-state index >= 15 is 0 Å². The summed E-state index contributed by atoms with van der Waals surface area (Å²) in [5, 5.41) is 3.34. The highest BCUT2D eigenvalue weighted by molar-refractivity contribution is 5.94. The van der Waals surface area contributed by atoms with Crippen LogP contribution in [0.5, 0.6) is 5.75 Å². The number of halogens is 1. The molecular weight excluding hydrogens is 271 g/mol.